The normalized spacial score (nSPS) is 24.5. The van der Waals surface area contributed by atoms with Crippen molar-refractivity contribution < 1.29 is 19.1 Å². The average Bonchev–Trinajstić information content (AvgIpc) is 3.28. The summed E-state index contributed by atoms with van der Waals surface area (Å²) in [5.41, 5.74) is 0.515. The van der Waals surface area contributed by atoms with E-state index in [-0.39, 0.29) is 25.2 Å². The van der Waals surface area contributed by atoms with Gasteiger partial charge in [-0.2, -0.15) is 5.26 Å². The number of nitriles is 1. The third-order valence-electron chi connectivity index (χ3n) is 5.53. The summed E-state index contributed by atoms with van der Waals surface area (Å²) >= 11 is 0. The quantitative estimate of drug-likeness (QED) is 0.758. The minimum atomic E-state index is -0.600. The first-order chi connectivity index (χ1) is 12.5. The van der Waals surface area contributed by atoms with Gasteiger partial charge < -0.3 is 14.8 Å². The number of hydrogen-bond acceptors (Lipinski definition) is 5. The summed E-state index contributed by atoms with van der Waals surface area (Å²) in [5, 5.41) is 11.7. The zero-order valence-corrected chi connectivity index (χ0v) is 14.9. The number of rotatable bonds is 7. The highest BCUT2D eigenvalue weighted by Crippen LogP contribution is 2.49. The van der Waals surface area contributed by atoms with Crippen LogP contribution in [0.4, 0.5) is 0 Å². The van der Waals surface area contributed by atoms with E-state index in [4.69, 9.17) is 14.7 Å². The fraction of sp³-hybridized carbons (Fsp3) is 0.550. The molecule has 0 saturated heterocycles. The van der Waals surface area contributed by atoms with E-state index in [2.05, 4.69) is 5.32 Å². The Hall–Kier alpha value is -2.55. The highest BCUT2D eigenvalue weighted by molar-refractivity contribution is 5.81. The Morgan fingerprint density at radius 3 is 2.62 bits per heavy atom. The van der Waals surface area contributed by atoms with Crippen LogP contribution in [-0.2, 0) is 14.3 Å². The minimum Gasteiger partial charge on any atom is -0.482 e. The van der Waals surface area contributed by atoms with E-state index in [1.54, 1.807) is 24.3 Å². The second-order valence-corrected chi connectivity index (χ2v) is 7.28. The van der Waals surface area contributed by atoms with Crippen molar-refractivity contribution in [3.8, 4) is 11.8 Å². The number of hydrogen-bond donors (Lipinski definition) is 1. The molecule has 1 amide bonds. The average molecular weight is 356 g/mol. The van der Waals surface area contributed by atoms with E-state index in [0.717, 1.165) is 11.8 Å². The summed E-state index contributed by atoms with van der Waals surface area (Å²) in [4.78, 5) is 23.7. The predicted octanol–water partition coefficient (Wildman–Crippen LogP) is 2.42. The molecule has 2 bridgehead atoms. The lowest BCUT2D eigenvalue weighted by molar-refractivity contribution is -0.150. The predicted molar refractivity (Wildman–Crippen MR) is 94.2 cm³/mol. The first-order valence-electron chi connectivity index (χ1n) is 9.13. The van der Waals surface area contributed by atoms with Crippen LogP contribution in [0.3, 0.4) is 0 Å². The maximum atomic E-state index is 12.0. The second-order valence-electron chi connectivity index (χ2n) is 7.28. The molecule has 26 heavy (non-hydrogen) atoms. The molecular formula is C20H24N2O4. The van der Waals surface area contributed by atoms with Gasteiger partial charge in [-0.05, 0) is 68.2 Å². The molecule has 4 unspecified atom stereocenters. The van der Waals surface area contributed by atoms with E-state index >= 15 is 0 Å². The zero-order chi connectivity index (χ0) is 18.5. The van der Waals surface area contributed by atoms with Crippen LogP contribution in [0.1, 0.15) is 38.2 Å². The van der Waals surface area contributed by atoms with Gasteiger partial charge in [0.05, 0.1) is 11.6 Å². The molecule has 0 aliphatic heterocycles. The number of amides is 1. The summed E-state index contributed by atoms with van der Waals surface area (Å²) in [6.45, 7) is 1.47. The molecule has 6 heteroatoms. The summed E-state index contributed by atoms with van der Waals surface area (Å²) in [6, 6.07) is 8.54. The molecule has 4 atom stereocenters. The van der Waals surface area contributed by atoms with Gasteiger partial charge in [0, 0.05) is 6.04 Å². The summed E-state index contributed by atoms with van der Waals surface area (Å²) in [7, 11) is 0. The van der Waals surface area contributed by atoms with Crippen LogP contribution < -0.4 is 10.1 Å². The minimum absolute atomic E-state index is 0.117. The molecule has 6 nitrogen and oxygen atoms in total. The van der Waals surface area contributed by atoms with Crippen molar-refractivity contribution in [3.05, 3.63) is 29.8 Å². The van der Waals surface area contributed by atoms with E-state index in [1.165, 1.54) is 25.7 Å². The molecule has 0 heterocycles. The van der Waals surface area contributed by atoms with Gasteiger partial charge >= 0.3 is 5.97 Å². The maximum absolute atomic E-state index is 12.0. The van der Waals surface area contributed by atoms with Crippen LogP contribution >= 0.6 is 0 Å². The van der Waals surface area contributed by atoms with Gasteiger partial charge in [-0.3, -0.25) is 4.79 Å². The molecule has 2 aliphatic rings. The van der Waals surface area contributed by atoms with Crippen molar-refractivity contribution in [1.29, 1.82) is 5.26 Å². The standard InChI is InChI=1S/C20H24N2O4/c1-13(18-9-15-2-5-16(18)8-15)22-19(23)11-26-20(24)12-25-17-6-3-14(10-21)4-7-17/h3-4,6-7,13,15-16,18H,2,5,8-9,11-12H2,1H3,(H,22,23). The third kappa shape index (κ3) is 4.54. The van der Waals surface area contributed by atoms with Gasteiger partial charge in [-0.25, -0.2) is 4.79 Å². The van der Waals surface area contributed by atoms with Crippen molar-refractivity contribution in [3.63, 3.8) is 0 Å². The monoisotopic (exact) mass is 356 g/mol. The molecule has 0 aromatic heterocycles. The first kappa shape index (κ1) is 18.2. The summed E-state index contributed by atoms with van der Waals surface area (Å²) in [6.07, 6.45) is 5.10. The SMILES string of the molecule is CC(NC(=O)COC(=O)COc1ccc(C#N)cc1)C1CC2CCC1C2. The topological polar surface area (TPSA) is 88.4 Å². The van der Waals surface area contributed by atoms with Crippen LogP contribution in [0, 0.1) is 29.1 Å². The van der Waals surface area contributed by atoms with Crippen molar-refractivity contribution >= 4 is 11.9 Å². The Morgan fingerprint density at radius 2 is 2.00 bits per heavy atom. The lowest BCUT2D eigenvalue weighted by Crippen LogP contribution is -2.42. The lowest BCUT2D eigenvalue weighted by atomic mass is 9.84. The molecule has 1 aromatic rings. The number of nitrogens with zero attached hydrogens (tertiary/aromatic N) is 1. The number of esters is 1. The molecule has 2 fully saturated rings. The van der Waals surface area contributed by atoms with Crippen LogP contribution in [0.5, 0.6) is 5.75 Å². The zero-order valence-electron chi connectivity index (χ0n) is 14.9. The van der Waals surface area contributed by atoms with E-state index in [1.807, 2.05) is 13.0 Å². The number of fused-ring (bicyclic) bond motifs is 2. The van der Waals surface area contributed by atoms with Gasteiger partial charge in [0.15, 0.2) is 13.2 Å². The van der Waals surface area contributed by atoms with Gasteiger partial charge in [0.25, 0.3) is 5.91 Å². The summed E-state index contributed by atoms with van der Waals surface area (Å²) in [5.74, 6) is 1.72. The van der Waals surface area contributed by atoms with Gasteiger partial charge in [-0.15, -0.1) is 0 Å². The Labute approximate surface area is 153 Å². The van der Waals surface area contributed by atoms with Crippen molar-refractivity contribution in [2.75, 3.05) is 13.2 Å². The third-order valence-corrected chi connectivity index (χ3v) is 5.53. The van der Waals surface area contributed by atoms with Crippen LogP contribution in [0.25, 0.3) is 0 Å². The van der Waals surface area contributed by atoms with Gasteiger partial charge in [0.2, 0.25) is 0 Å². The molecule has 1 N–H and O–H groups in total. The highest BCUT2D eigenvalue weighted by Gasteiger charge is 2.42. The number of ether oxygens (including phenoxy) is 2. The Bertz CT molecular complexity index is 695. The number of carbonyl (C=O) groups is 2. The van der Waals surface area contributed by atoms with Crippen LogP contribution in [0.15, 0.2) is 24.3 Å². The Balaban J connectivity index is 1.34. The molecule has 0 spiro atoms. The fourth-order valence-corrected chi connectivity index (χ4v) is 4.26. The molecular weight excluding hydrogens is 332 g/mol. The van der Waals surface area contributed by atoms with Crippen LogP contribution in [0.2, 0.25) is 0 Å². The largest absolute Gasteiger partial charge is 0.482 e. The Morgan fingerprint density at radius 1 is 1.23 bits per heavy atom. The van der Waals surface area contributed by atoms with E-state index in [0.29, 0.717) is 17.2 Å². The Kier molecular flexibility index (Phi) is 5.77. The number of nitrogens with one attached hydrogen (secondary N) is 1. The van der Waals surface area contributed by atoms with Crippen LogP contribution in [-0.4, -0.2) is 31.1 Å². The highest BCUT2D eigenvalue weighted by atomic mass is 16.6. The van der Waals surface area contributed by atoms with Gasteiger partial charge in [-0.1, -0.05) is 6.42 Å². The lowest BCUT2D eigenvalue weighted by Gasteiger charge is -2.28. The second kappa shape index (κ2) is 8.22. The first-order valence-corrected chi connectivity index (χ1v) is 9.13. The molecule has 2 saturated carbocycles. The molecule has 1 aromatic carbocycles. The molecule has 138 valence electrons. The smallest absolute Gasteiger partial charge is 0.344 e. The maximum Gasteiger partial charge on any atom is 0.344 e. The van der Waals surface area contributed by atoms with Crippen molar-refractivity contribution in [1.82, 2.24) is 5.32 Å². The molecule has 0 radical (unpaired) electrons. The van der Waals surface area contributed by atoms with E-state index in [9.17, 15) is 9.59 Å². The van der Waals surface area contributed by atoms with E-state index < -0.39 is 5.97 Å². The number of carbonyl (C=O) groups excluding carboxylic acids is 2. The van der Waals surface area contributed by atoms with Gasteiger partial charge in [0.1, 0.15) is 5.75 Å². The van der Waals surface area contributed by atoms with Crippen molar-refractivity contribution in [2.45, 2.75) is 38.6 Å². The fourth-order valence-electron chi connectivity index (χ4n) is 4.26. The van der Waals surface area contributed by atoms with Crippen molar-refractivity contribution in [2.24, 2.45) is 17.8 Å². The number of benzene rings is 1. The molecule has 3 rings (SSSR count). The summed E-state index contributed by atoms with van der Waals surface area (Å²) < 4.78 is 10.2. The molecule has 2 aliphatic carbocycles.